The van der Waals surface area contributed by atoms with Crippen LogP contribution in [-0.4, -0.2) is 28.2 Å². The number of pyridine rings is 1. The second kappa shape index (κ2) is 6.90. The van der Waals surface area contributed by atoms with Crippen LogP contribution in [0, 0.1) is 0 Å². The van der Waals surface area contributed by atoms with Crippen molar-refractivity contribution < 1.29 is 14.7 Å². The smallest absolute Gasteiger partial charge is 0.307 e. The number of anilines is 1. The first-order valence-electron chi connectivity index (χ1n) is 6.21. The van der Waals surface area contributed by atoms with E-state index in [2.05, 4.69) is 10.3 Å². The molecule has 1 aromatic heterocycles. The normalized spacial score (nSPS) is 10.1. The van der Waals surface area contributed by atoms with Crippen LogP contribution < -0.4 is 5.32 Å². The van der Waals surface area contributed by atoms with Gasteiger partial charge in [-0.2, -0.15) is 0 Å². The molecule has 0 fully saturated rings. The number of nitrogens with one attached hydrogen (secondary N) is 1. The van der Waals surface area contributed by atoms with Gasteiger partial charge in [0.25, 0.3) is 5.91 Å². The largest absolute Gasteiger partial charge is 0.481 e. The van der Waals surface area contributed by atoms with Crippen molar-refractivity contribution in [3.8, 4) is 0 Å². The average molecular weight is 302 g/mol. The van der Waals surface area contributed by atoms with Crippen LogP contribution in [0.25, 0.3) is 0 Å². The molecule has 1 amide bonds. The molecule has 0 saturated heterocycles. The number of carbonyl (C=O) groups excluding carboxylic acids is 1. The molecule has 0 radical (unpaired) electrons. The number of rotatable bonds is 5. The Labute approximate surface area is 126 Å². The van der Waals surface area contributed by atoms with Gasteiger partial charge in [0.1, 0.15) is 5.03 Å². The van der Waals surface area contributed by atoms with Crippen molar-refractivity contribution in [3.05, 3.63) is 53.7 Å². The third-order valence-electron chi connectivity index (χ3n) is 2.78. The number of aromatic nitrogens is 1. The Morgan fingerprint density at radius 2 is 1.95 bits per heavy atom. The molecule has 0 aliphatic rings. The molecule has 0 aliphatic heterocycles. The summed E-state index contributed by atoms with van der Waals surface area (Å²) in [6.07, 6.45) is 3.47. The maximum Gasteiger partial charge on any atom is 0.307 e. The molecule has 5 nitrogen and oxygen atoms in total. The standard InChI is InChI=1S/C15H14N2O3S/c1-21-15-12(3-2-8-16-15)14(20)17-11-6-4-10(5-7-11)9-13(18)19/h2-8H,9H2,1H3,(H,17,20)(H,18,19). The van der Waals surface area contributed by atoms with E-state index in [4.69, 9.17) is 5.11 Å². The van der Waals surface area contributed by atoms with Gasteiger partial charge in [0.05, 0.1) is 12.0 Å². The van der Waals surface area contributed by atoms with E-state index in [1.54, 1.807) is 42.6 Å². The van der Waals surface area contributed by atoms with E-state index < -0.39 is 5.97 Å². The highest BCUT2D eigenvalue weighted by atomic mass is 32.2. The van der Waals surface area contributed by atoms with E-state index in [-0.39, 0.29) is 12.3 Å². The number of carboxylic acid groups (broad SMARTS) is 1. The zero-order valence-electron chi connectivity index (χ0n) is 11.4. The lowest BCUT2D eigenvalue weighted by molar-refractivity contribution is -0.136. The summed E-state index contributed by atoms with van der Waals surface area (Å²) in [6.45, 7) is 0. The number of thioether (sulfide) groups is 1. The van der Waals surface area contributed by atoms with Crippen LogP contribution in [0.3, 0.4) is 0 Å². The SMILES string of the molecule is CSc1ncccc1C(=O)Nc1ccc(CC(=O)O)cc1. The van der Waals surface area contributed by atoms with Gasteiger partial charge in [-0.3, -0.25) is 9.59 Å². The lowest BCUT2D eigenvalue weighted by Crippen LogP contribution is -2.13. The minimum atomic E-state index is -0.883. The van der Waals surface area contributed by atoms with Gasteiger partial charge in [-0.15, -0.1) is 11.8 Å². The fraction of sp³-hybridized carbons (Fsp3) is 0.133. The molecule has 2 rings (SSSR count). The molecule has 21 heavy (non-hydrogen) atoms. The first-order chi connectivity index (χ1) is 10.1. The van der Waals surface area contributed by atoms with E-state index in [1.807, 2.05) is 6.26 Å². The molecule has 108 valence electrons. The molecule has 2 N–H and O–H groups in total. The molecule has 2 aromatic rings. The number of hydrogen-bond donors (Lipinski definition) is 2. The third-order valence-corrected chi connectivity index (χ3v) is 3.49. The van der Waals surface area contributed by atoms with Gasteiger partial charge in [0, 0.05) is 11.9 Å². The minimum absolute atomic E-state index is 0.0343. The number of carboxylic acids is 1. The Kier molecular flexibility index (Phi) is 4.94. The molecule has 0 bridgehead atoms. The highest BCUT2D eigenvalue weighted by Crippen LogP contribution is 2.18. The summed E-state index contributed by atoms with van der Waals surface area (Å²) < 4.78 is 0. The molecule has 1 aromatic carbocycles. The van der Waals surface area contributed by atoms with E-state index >= 15 is 0 Å². The maximum atomic E-state index is 12.2. The monoisotopic (exact) mass is 302 g/mol. The van der Waals surface area contributed by atoms with Crippen molar-refractivity contribution in [2.75, 3.05) is 11.6 Å². The summed E-state index contributed by atoms with van der Waals surface area (Å²) in [6, 6.07) is 10.2. The van der Waals surface area contributed by atoms with E-state index in [9.17, 15) is 9.59 Å². The van der Waals surface area contributed by atoms with Gasteiger partial charge in [0.15, 0.2) is 0 Å². The Balaban J connectivity index is 2.10. The van der Waals surface area contributed by atoms with Crippen molar-refractivity contribution in [2.24, 2.45) is 0 Å². The van der Waals surface area contributed by atoms with Crippen molar-refractivity contribution in [2.45, 2.75) is 11.4 Å². The Morgan fingerprint density at radius 3 is 2.57 bits per heavy atom. The summed E-state index contributed by atoms with van der Waals surface area (Å²) in [7, 11) is 0. The van der Waals surface area contributed by atoms with Crippen molar-refractivity contribution in [3.63, 3.8) is 0 Å². The van der Waals surface area contributed by atoms with Crippen LogP contribution in [0.5, 0.6) is 0 Å². The number of aliphatic carboxylic acids is 1. The summed E-state index contributed by atoms with van der Waals surface area (Å²) in [5.41, 5.74) is 1.82. The first kappa shape index (κ1) is 15.1. The molecule has 0 atom stereocenters. The third kappa shape index (κ3) is 4.06. The van der Waals surface area contributed by atoms with Crippen molar-refractivity contribution in [1.29, 1.82) is 0 Å². The van der Waals surface area contributed by atoms with Crippen LogP contribution in [0.2, 0.25) is 0 Å². The number of hydrogen-bond acceptors (Lipinski definition) is 4. The topological polar surface area (TPSA) is 79.3 Å². The molecule has 0 unspecified atom stereocenters. The fourth-order valence-electron chi connectivity index (χ4n) is 1.81. The van der Waals surface area contributed by atoms with Crippen molar-refractivity contribution >= 4 is 29.3 Å². The van der Waals surface area contributed by atoms with Crippen LogP contribution >= 0.6 is 11.8 Å². The van der Waals surface area contributed by atoms with E-state index in [1.165, 1.54) is 11.8 Å². The number of amides is 1. The molecule has 6 heteroatoms. The van der Waals surface area contributed by atoms with Crippen LogP contribution in [0.4, 0.5) is 5.69 Å². The number of nitrogens with zero attached hydrogens (tertiary/aromatic N) is 1. The quantitative estimate of drug-likeness (QED) is 0.830. The first-order valence-corrected chi connectivity index (χ1v) is 7.43. The second-order valence-corrected chi connectivity index (χ2v) is 5.08. The molecular weight excluding hydrogens is 288 g/mol. The highest BCUT2D eigenvalue weighted by molar-refractivity contribution is 7.98. The number of carbonyl (C=O) groups is 2. The summed E-state index contributed by atoms with van der Waals surface area (Å²) >= 11 is 1.41. The minimum Gasteiger partial charge on any atom is -0.481 e. The Morgan fingerprint density at radius 1 is 1.24 bits per heavy atom. The van der Waals surface area contributed by atoms with Gasteiger partial charge in [0.2, 0.25) is 0 Å². The van der Waals surface area contributed by atoms with Gasteiger partial charge < -0.3 is 10.4 Å². The maximum absolute atomic E-state index is 12.2. The predicted molar refractivity (Wildman–Crippen MR) is 81.8 cm³/mol. The van der Waals surface area contributed by atoms with Crippen LogP contribution in [-0.2, 0) is 11.2 Å². The Hall–Kier alpha value is -2.34. The second-order valence-electron chi connectivity index (χ2n) is 4.28. The summed E-state index contributed by atoms with van der Waals surface area (Å²) in [4.78, 5) is 26.9. The zero-order chi connectivity index (χ0) is 15.2. The molecule has 1 heterocycles. The van der Waals surface area contributed by atoms with Gasteiger partial charge in [-0.25, -0.2) is 4.98 Å². The summed E-state index contributed by atoms with van der Waals surface area (Å²) in [5, 5.41) is 12.1. The highest BCUT2D eigenvalue weighted by Gasteiger charge is 2.11. The molecule has 0 aliphatic carbocycles. The molecule has 0 spiro atoms. The molecule has 0 saturated carbocycles. The van der Waals surface area contributed by atoms with Crippen LogP contribution in [0.1, 0.15) is 15.9 Å². The summed E-state index contributed by atoms with van der Waals surface area (Å²) in [5.74, 6) is -1.12. The lowest BCUT2D eigenvalue weighted by Gasteiger charge is -2.08. The van der Waals surface area contributed by atoms with E-state index in [0.717, 1.165) is 0 Å². The predicted octanol–water partition coefficient (Wildman–Crippen LogP) is 2.68. The zero-order valence-corrected chi connectivity index (χ0v) is 12.2. The van der Waals surface area contributed by atoms with E-state index in [0.29, 0.717) is 21.8 Å². The lowest BCUT2D eigenvalue weighted by atomic mass is 10.1. The van der Waals surface area contributed by atoms with Gasteiger partial charge in [-0.05, 0) is 36.1 Å². The Bertz CT molecular complexity index is 656. The van der Waals surface area contributed by atoms with Crippen molar-refractivity contribution in [1.82, 2.24) is 4.98 Å². The van der Waals surface area contributed by atoms with Gasteiger partial charge >= 0.3 is 5.97 Å². The van der Waals surface area contributed by atoms with Gasteiger partial charge in [-0.1, -0.05) is 12.1 Å². The number of benzene rings is 1. The fourth-order valence-corrected chi connectivity index (χ4v) is 2.35. The van der Waals surface area contributed by atoms with Crippen LogP contribution in [0.15, 0.2) is 47.6 Å². The molecular formula is C15H14N2O3S. The average Bonchev–Trinajstić information content (AvgIpc) is 2.48.